The Morgan fingerprint density at radius 2 is 2.06 bits per heavy atom. The second-order valence-corrected chi connectivity index (χ2v) is 4.52. The molecular formula is C11H17NO5. The normalized spacial score (nSPS) is 33.7. The van der Waals surface area contributed by atoms with Gasteiger partial charge in [-0.15, -0.1) is 0 Å². The summed E-state index contributed by atoms with van der Waals surface area (Å²) in [6.45, 7) is 2.92. The van der Waals surface area contributed by atoms with Gasteiger partial charge in [0.25, 0.3) is 5.91 Å². The van der Waals surface area contributed by atoms with Crippen molar-refractivity contribution in [2.45, 2.75) is 38.1 Å². The summed E-state index contributed by atoms with van der Waals surface area (Å²) >= 11 is 0. The highest BCUT2D eigenvalue weighted by molar-refractivity contribution is 5.82. The maximum Gasteiger partial charge on any atom is 0.334 e. The molecule has 0 aromatic heterocycles. The molecule has 0 spiro atoms. The van der Waals surface area contributed by atoms with Crippen LogP contribution in [0, 0.1) is 0 Å². The second kappa shape index (κ2) is 5.01. The van der Waals surface area contributed by atoms with E-state index in [1.165, 1.54) is 0 Å². The van der Waals surface area contributed by atoms with Crippen LogP contribution in [0.25, 0.3) is 0 Å². The van der Waals surface area contributed by atoms with Crippen LogP contribution >= 0.6 is 0 Å². The maximum absolute atomic E-state index is 12.1. The molecule has 2 aliphatic heterocycles. The van der Waals surface area contributed by atoms with Gasteiger partial charge >= 0.3 is 5.97 Å². The zero-order chi connectivity index (χ0) is 12.4. The van der Waals surface area contributed by atoms with Crippen LogP contribution in [0.1, 0.15) is 19.8 Å². The van der Waals surface area contributed by atoms with Crippen LogP contribution in [0.2, 0.25) is 0 Å². The Bertz CT molecular complexity index is 313. The van der Waals surface area contributed by atoms with Gasteiger partial charge in [-0.05, 0) is 19.8 Å². The number of aliphatic carboxylic acids is 1. The Labute approximate surface area is 99.5 Å². The average Bonchev–Trinajstić information content (AvgIpc) is 2.80. The summed E-state index contributed by atoms with van der Waals surface area (Å²) < 4.78 is 10.6. The minimum absolute atomic E-state index is 0.107. The highest BCUT2D eigenvalue weighted by Gasteiger charge is 2.36. The van der Waals surface area contributed by atoms with Crippen molar-refractivity contribution in [2.75, 3.05) is 19.7 Å². The number of amides is 1. The molecule has 2 unspecified atom stereocenters. The molecule has 2 saturated heterocycles. The molecule has 6 heteroatoms. The third kappa shape index (κ3) is 2.76. The molecular weight excluding hydrogens is 226 g/mol. The molecule has 17 heavy (non-hydrogen) atoms. The van der Waals surface area contributed by atoms with E-state index in [1.807, 2.05) is 0 Å². The molecule has 0 aliphatic carbocycles. The van der Waals surface area contributed by atoms with Crippen LogP contribution in [0.5, 0.6) is 0 Å². The van der Waals surface area contributed by atoms with Gasteiger partial charge in [-0.25, -0.2) is 4.79 Å². The Hall–Kier alpha value is -1.14. The van der Waals surface area contributed by atoms with Crippen LogP contribution in [0.15, 0.2) is 0 Å². The lowest BCUT2D eigenvalue weighted by molar-refractivity contribution is -0.169. The number of hydrogen-bond donors (Lipinski definition) is 1. The molecule has 0 aromatic rings. The Kier molecular flexibility index (Phi) is 3.63. The number of carboxylic acid groups (broad SMARTS) is 1. The van der Waals surface area contributed by atoms with Crippen LogP contribution in [0.4, 0.5) is 0 Å². The average molecular weight is 243 g/mol. The zero-order valence-corrected chi connectivity index (χ0v) is 9.80. The first kappa shape index (κ1) is 12.3. The molecule has 0 aromatic carbocycles. The molecule has 0 bridgehead atoms. The van der Waals surface area contributed by atoms with Crippen molar-refractivity contribution in [2.24, 2.45) is 0 Å². The second-order valence-electron chi connectivity index (χ2n) is 4.52. The lowest BCUT2D eigenvalue weighted by Gasteiger charge is -2.35. The molecule has 2 rings (SSSR count). The van der Waals surface area contributed by atoms with Crippen molar-refractivity contribution in [1.82, 2.24) is 4.90 Å². The summed E-state index contributed by atoms with van der Waals surface area (Å²) in [5.74, 6) is -1.13. The molecule has 2 heterocycles. The van der Waals surface area contributed by atoms with Gasteiger partial charge in [-0.1, -0.05) is 0 Å². The third-order valence-electron chi connectivity index (χ3n) is 3.05. The summed E-state index contributed by atoms with van der Waals surface area (Å²) in [7, 11) is 0. The molecule has 3 atom stereocenters. The summed E-state index contributed by atoms with van der Waals surface area (Å²) in [4.78, 5) is 24.5. The van der Waals surface area contributed by atoms with E-state index >= 15 is 0 Å². The maximum atomic E-state index is 12.1. The van der Waals surface area contributed by atoms with Gasteiger partial charge in [0, 0.05) is 13.2 Å². The number of carbonyl (C=O) groups is 2. The predicted molar refractivity (Wildman–Crippen MR) is 57.5 cm³/mol. The van der Waals surface area contributed by atoms with Crippen molar-refractivity contribution in [3.8, 4) is 0 Å². The van der Waals surface area contributed by atoms with E-state index in [2.05, 4.69) is 0 Å². The molecule has 1 N–H and O–H groups in total. The van der Waals surface area contributed by atoms with E-state index < -0.39 is 18.2 Å². The Balaban J connectivity index is 1.99. The molecule has 0 radical (unpaired) electrons. The molecule has 6 nitrogen and oxygen atoms in total. The van der Waals surface area contributed by atoms with E-state index in [1.54, 1.807) is 11.8 Å². The van der Waals surface area contributed by atoms with Gasteiger partial charge in [0.15, 0.2) is 6.10 Å². The van der Waals surface area contributed by atoms with E-state index in [0.717, 1.165) is 12.8 Å². The van der Waals surface area contributed by atoms with Crippen LogP contribution in [0.3, 0.4) is 0 Å². The van der Waals surface area contributed by atoms with Crippen molar-refractivity contribution >= 4 is 11.9 Å². The SMILES string of the molecule is C[C@@H]1CN(C(=O)C2CCCO2)CC(C(=O)O)O1. The first-order valence-electron chi connectivity index (χ1n) is 5.86. The topological polar surface area (TPSA) is 76.1 Å². The Morgan fingerprint density at radius 1 is 1.29 bits per heavy atom. The van der Waals surface area contributed by atoms with Crippen molar-refractivity contribution in [3.05, 3.63) is 0 Å². The van der Waals surface area contributed by atoms with E-state index in [9.17, 15) is 9.59 Å². The number of hydrogen-bond acceptors (Lipinski definition) is 4. The number of nitrogens with zero attached hydrogens (tertiary/aromatic N) is 1. The summed E-state index contributed by atoms with van der Waals surface area (Å²) in [5, 5.41) is 8.93. The summed E-state index contributed by atoms with van der Waals surface area (Å²) in [5.41, 5.74) is 0. The fourth-order valence-corrected chi connectivity index (χ4v) is 2.24. The van der Waals surface area contributed by atoms with Crippen LogP contribution < -0.4 is 0 Å². The molecule has 0 saturated carbocycles. The molecule has 1 amide bonds. The van der Waals surface area contributed by atoms with Gasteiger partial charge in [0.1, 0.15) is 6.10 Å². The van der Waals surface area contributed by atoms with E-state index in [-0.39, 0.29) is 18.6 Å². The lowest BCUT2D eigenvalue weighted by Crippen LogP contribution is -2.54. The lowest BCUT2D eigenvalue weighted by atomic mass is 10.1. The molecule has 2 fully saturated rings. The Morgan fingerprint density at radius 3 is 2.65 bits per heavy atom. The van der Waals surface area contributed by atoms with Gasteiger partial charge in [-0.2, -0.15) is 0 Å². The van der Waals surface area contributed by atoms with E-state index in [0.29, 0.717) is 13.2 Å². The first-order chi connectivity index (χ1) is 8.08. The largest absolute Gasteiger partial charge is 0.479 e. The standard InChI is InChI=1S/C11H17NO5/c1-7-5-12(6-9(17-7)11(14)15)10(13)8-3-2-4-16-8/h7-9H,2-6H2,1H3,(H,14,15)/t7-,8?,9?/m1/s1. The van der Waals surface area contributed by atoms with E-state index in [4.69, 9.17) is 14.6 Å². The third-order valence-corrected chi connectivity index (χ3v) is 3.05. The first-order valence-corrected chi connectivity index (χ1v) is 5.86. The van der Waals surface area contributed by atoms with Gasteiger partial charge in [0.05, 0.1) is 12.6 Å². The number of ether oxygens (including phenoxy) is 2. The number of carboxylic acids is 1. The monoisotopic (exact) mass is 243 g/mol. The predicted octanol–water partition coefficient (Wildman–Crippen LogP) is -0.134. The van der Waals surface area contributed by atoms with Crippen LogP contribution in [-0.4, -0.2) is 59.9 Å². The molecule has 2 aliphatic rings. The van der Waals surface area contributed by atoms with Crippen molar-refractivity contribution in [1.29, 1.82) is 0 Å². The van der Waals surface area contributed by atoms with Crippen LogP contribution in [-0.2, 0) is 19.1 Å². The van der Waals surface area contributed by atoms with Gasteiger partial charge in [0.2, 0.25) is 0 Å². The van der Waals surface area contributed by atoms with Crippen molar-refractivity contribution in [3.63, 3.8) is 0 Å². The highest BCUT2D eigenvalue weighted by Crippen LogP contribution is 2.18. The highest BCUT2D eigenvalue weighted by atomic mass is 16.5. The number of morpholine rings is 1. The molecule has 96 valence electrons. The van der Waals surface area contributed by atoms with Crippen molar-refractivity contribution < 1.29 is 24.2 Å². The minimum atomic E-state index is -1.03. The number of carbonyl (C=O) groups excluding carboxylic acids is 1. The summed E-state index contributed by atoms with van der Waals surface area (Å²) in [6.07, 6.45) is 0.0371. The minimum Gasteiger partial charge on any atom is -0.479 e. The number of rotatable bonds is 2. The quantitative estimate of drug-likeness (QED) is 0.731. The fraction of sp³-hybridized carbons (Fsp3) is 0.818. The zero-order valence-electron chi connectivity index (χ0n) is 9.80. The van der Waals surface area contributed by atoms with Gasteiger partial charge < -0.3 is 19.5 Å². The van der Waals surface area contributed by atoms with Gasteiger partial charge in [-0.3, -0.25) is 4.79 Å². The summed E-state index contributed by atoms with van der Waals surface area (Å²) in [6, 6.07) is 0. The fourth-order valence-electron chi connectivity index (χ4n) is 2.24. The smallest absolute Gasteiger partial charge is 0.334 e.